The number of aromatic nitrogens is 2. The number of anilines is 4. The van der Waals surface area contributed by atoms with Gasteiger partial charge >= 0.3 is 0 Å². The Hall–Kier alpha value is -4.18. The molecule has 0 unspecified atom stereocenters. The quantitative estimate of drug-likeness (QED) is 0.209. The van der Waals surface area contributed by atoms with E-state index in [9.17, 15) is 13.6 Å². The van der Waals surface area contributed by atoms with Crippen molar-refractivity contribution in [3.8, 4) is 5.75 Å². The van der Waals surface area contributed by atoms with Gasteiger partial charge in [-0.05, 0) is 74.6 Å². The number of hydrogen-bond acceptors (Lipinski definition) is 6. The Morgan fingerprint density at radius 2 is 1.85 bits per heavy atom. The van der Waals surface area contributed by atoms with Gasteiger partial charge in [-0.1, -0.05) is 13.0 Å². The number of benzene rings is 2. The molecule has 39 heavy (non-hydrogen) atoms. The van der Waals surface area contributed by atoms with Crippen molar-refractivity contribution in [1.82, 2.24) is 14.9 Å². The molecule has 204 valence electrons. The number of hydrogen-bond donors (Lipinski definition) is 4. The number of likely N-dealkylation sites (tertiary alicyclic amines) is 1. The standard InChI is InChI=1S/C29H32F2N6O2/c1-3-8-37-9-6-17(7-10-37)18-4-5-23(27(11-18)39-2)35-28-13-19-25(15-33-16-26(19)36-28)34-24-14-22(31)21(30)12-20(24)29(32)38/h4-5,11-17,34-36H,3,6-10H2,1-2H3,(H2,32,38). The Kier molecular flexibility index (Phi) is 7.65. The second kappa shape index (κ2) is 11.3. The van der Waals surface area contributed by atoms with E-state index in [1.807, 2.05) is 12.1 Å². The van der Waals surface area contributed by atoms with Gasteiger partial charge in [-0.2, -0.15) is 0 Å². The first kappa shape index (κ1) is 26.4. The van der Waals surface area contributed by atoms with Crippen LogP contribution in [-0.2, 0) is 0 Å². The zero-order valence-corrected chi connectivity index (χ0v) is 22.0. The van der Waals surface area contributed by atoms with E-state index in [2.05, 4.69) is 44.6 Å². The van der Waals surface area contributed by atoms with Crippen LogP contribution in [0.15, 0.2) is 48.8 Å². The maximum absolute atomic E-state index is 13.9. The topological polar surface area (TPSA) is 108 Å². The minimum atomic E-state index is -1.15. The molecule has 0 atom stereocenters. The van der Waals surface area contributed by atoms with Gasteiger partial charge in [0.05, 0.1) is 47.6 Å². The van der Waals surface area contributed by atoms with Crippen molar-refractivity contribution in [2.24, 2.45) is 5.73 Å². The summed E-state index contributed by atoms with van der Waals surface area (Å²) in [5.41, 5.74) is 8.52. The average molecular weight is 535 g/mol. The first-order valence-electron chi connectivity index (χ1n) is 13.1. The minimum Gasteiger partial charge on any atom is -0.495 e. The molecule has 2 aromatic heterocycles. The van der Waals surface area contributed by atoms with Crippen LogP contribution in [0, 0.1) is 11.6 Å². The lowest BCUT2D eigenvalue weighted by atomic mass is 9.89. The van der Waals surface area contributed by atoms with Crippen LogP contribution >= 0.6 is 0 Å². The molecule has 0 radical (unpaired) electrons. The monoisotopic (exact) mass is 534 g/mol. The van der Waals surface area contributed by atoms with Gasteiger partial charge in [-0.25, -0.2) is 8.78 Å². The first-order valence-corrected chi connectivity index (χ1v) is 13.1. The van der Waals surface area contributed by atoms with E-state index >= 15 is 0 Å². The molecule has 1 amide bonds. The normalized spacial score (nSPS) is 14.5. The molecule has 4 aromatic rings. The van der Waals surface area contributed by atoms with Crippen LogP contribution in [0.3, 0.4) is 0 Å². The molecular formula is C29H32F2N6O2. The van der Waals surface area contributed by atoms with Crippen LogP contribution in [0.5, 0.6) is 5.75 Å². The van der Waals surface area contributed by atoms with Crippen molar-refractivity contribution in [3.05, 3.63) is 71.6 Å². The molecule has 0 aliphatic carbocycles. The number of methoxy groups -OCH3 is 1. The van der Waals surface area contributed by atoms with Crippen molar-refractivity contribution >= 4 is 39.7 Å². The van der Waals surface area contributed by atoms with Gasteiger partial charge in [0.2, 0.25) is 0 Å². The summed E-state index contributed by atoms with van der Waals surface area (Å²) >= 11 is 0. The molecule has 3 heterocycles. The fraction of sp³-hybridized carbons (Fsp3) is 0.310. The zero-order valence-electron chi connectivity index (χ0n) is 22.0. The van der Waals surface area contributed by atoms with Crippen molar-refractivity contribution in [2.75, 3.05) is 37.4 Å². The fourth-order valence-corrected chi connectivity index (χ4v) is 5.23. The molecular weight excluding hydrogens is 502 g/mol. The molecule has 1 aliphatic rings. The second-order valence-electron chi connectivity index (χ2n) is 9.83. The third-order valence-corrected chi connectivity index (χ3v) is 7.23. The van der Waals surface area contributed by atoms with E-state index < -0.39 is 17.5 Å². The number of ether oxygens (including phenoxy) is 1. The highest BCUT2D eigenvalue weighted by Crippen LogP contribution is 2.36. The van der Waals surface area contributed by atoms with Gasteiger partial charge in [0.1, 0.15) is 11.6 Å². The number of carbonyl (C=O) groups excluding carboxylic acids is 1. The predicted molar refractivity (Wildman–Crippen MR) is 149 cm³/mol. The maximum atomic E-state index is 13.9. The Morgan fingerprint density at radius 1 is 1.08 bits per heavy atom. The third kappa shape index (κ3) is 5.65. The number of nitrogens with two attached hydrogens (primary N) is 1. The number of pyridine rings is 1. The summed E-state index contributed by atoms with van der Waals surface area (Å²) in [4.78, 5) is 21.8. The highest BCUT2D eigenvalue weighted by molar-refractivity contribution is 6.02. The van der Waals surface area contributed by atoms with Crippen molar-refractivity contribution in [3.63, 3.8) is 0 Å². The Labute approximate surface area is 225 Å². The van der Waals surface area contributed by atoms with E-state index in [-0.39, 0.29) is 11.3 Å². The van der Waals surface area contributed by atoms with Crippen LogP contribution < -0.4 is 21.1 Å². The molecule has 2 aromatic carbocycles. The number of nitrogens with one attached hydrogen (secondary N) is 3. The van der Waals surface area contributed by atoms with Gasteiger partial charge in [-0.15, -0.1) is 0 Å². The van der Waals surface area contributed by atoms with Gasteiger partial charge in [-0.3, -0.25) is 9.78 Å². The molecule has 1 fully saturated rings. The number of rotatable bonds is 9. The highest BCUT2D eigenvalue weighted by Gasteiger charge is 2.21. The summed E-state index contributed by atoms with van der Waals surface area (Å²) < 4.78 is 33.4. The number of halogens is 2. The number of primary amides is 1. The molecule has 5 N–H and O–H groups in total. The van der Waals surface area contributed by atoms with Gasteiger partial charge < -0.3 is 31.0 Å². The summed E-state index contributed by atoms with van der Waals surface area (Å²) in [5.74, 6) is -1.20. The summed E-state index contributed by atoms with van der Waals surface area (Å²) in [6.45, 7) is 5.61. The smallest absolute Gasteiger partial charge is 0.250 e. The van der Waals surface area contributed by atoms with Crippen LogP contribution in [-0.4, -0.2) is 47.5 Å². The maximum Gasteiger partial charge on any atom is 0.250 e. The van der Waals surface area contributed by atoms with Crippen molar-refractivity contribution < 1.29 is 18.3 Å². The molecule has 0 bridgehead atoms. The van der Waals surface area contributed by atoms with Crippen LogP contribution in [0.4, 0.5) is 31.7 Å². The average Bonchev–Trinajstić information content (AvgIpc) is 3.35. The van der Waals surface area contributed by atoms with Crippen LogP contribution in [0.1, 0.15) is 48.0 Å². The Morgan fingerprint density at radius 3 is 2.56 bits per heavy atom. The molecule has 1 saturated heterocycles. The molecule has 8 nitrogen and oxygen atoms in total. The molecule has 0 spiro atoms. The SMILES string of the molecule is CCCN1CCC(c2ccc(Nc3cc4c(Nc5cc(F)c(F)cc5C(N)=O)cncc4[nH]3)c(OC)c2)CC1. The number of nitrogens with zero attached hydrogens (tertiary/aromatic N) is 2. The number of fused-ring (bicyclic) bond motifs is 1. The van der Waals surface area contributed by atoms with E-state index in [0.717, 1.165) is 61.4 Å². The number of H-pyrrole nitrogens is 1. The van der Waals surface area contributed by atoms with E-state index in [1.54, 1.807) is 13.3 Å². The molecule has 0 saturated carbocycles. The lowest BCUT2D eigenvalue weighted by Crippen LogP contribution is -2.33. The van der Waals surface area contributed by atoms with Crippen LogP contribution in [0.25, 0.3) is 10.9 Å². The highest BCUT2D eigenvalue weighted by atomic mass is 19.2. The second-order valence-corrected chi connectivity index (χ2v) is 9.83. The minimum absolute atomic E-state index is 0.0456. The molecule has 5 rings (SSSR count). The Bertz CT molecular complexity index is 1500. The Balaban J connectivity index is 1.38. The van der Waals surface area contributed by atoms with Gasteiger partial charge in [0, 0.05) is 11.5 Å². The third-order valence-electron chi connectivity index (χ3n) is 7.23. The van der Waals surface area contributed by atoms with E-state index in [4.69, 9.17) is 10.5 Å². The number of amides is 1. The summed E-state index contributed by atoms with van der Waals surface area (Å²) in [6, 6.07) is 9.82. The summed E-state index contributed by atoms with van der Waals surface area (Å²) in [7, 11) is 1.66. The van der Waals surface area contributed by atoms with Crippen LogP contribution in [0.2, 0.25) is 0 Å². The van der Waals surface area contributed by atoms with Crippen molar-refractivity contribution in [2.45, 2.75) is 32.1 Å². The fourth-order valence-electron chi connectivity index (χ4n) is 5.23. The van der Waals surface area contributed by atoms with Gasteiger partial charge in [0.15, 0.2) is 11.6 Å². The zero-order chi connectivity index (χ0) is 27.5. The molecule has 10 heteroatoms. The first-order chi connectivity index (χ1) is 18.9. The number of piperidine rings is 1. The predicted octanol–water partition coefficient (Wildman–Crippen LogP) is 6.03. The van der Waals surface area contributed by atoms with E-state index in [0.29, 0.717) is 22.9 Å². The lowest BCUT2D eigenvalue weighted by molar-refractivity contribution is 0.100. The largest absolute Gasteiger partial charge is 0.495 e. The number of aromatic amines is 1. The lowest BCUT2D eigenvalue weighted by Gasteiger charge is -2.32. The van der Waals surface area contributed by atoms with Crippen molar-refractivity contribution in [1.29, 1.82) is 0 Å². The van der Waals surface area contributed by atoms with E-state index in [1.165, 1.54) is 18.2 Å². The summed E-state index contributed by atoms with van der Waals surface area (Å²) in [6.07, 6.45) is 6.63. The summed E-state index contributed by atoms with van der Waals surface area (Å²) in [5, 5.41) is 7.07. The van der Waals surface area contributed by atoms with Gasteiger partial charge in [0.25, 0.3) is 5.91 Å². The molecule has 1 aliphatic heterocycles. The number of carbonyl (C=O) groups is 1.